The Balaban J connectivity index is 2.16. The Bertz CT molecular complexity index is 219. The first-order valence-corrected chi connectivity index (χ1v) is 7.71. The van der Waals surface area contributed by atoms with Crippen LogP contribution in [0.4, 0.5) is 0 Å². The molecule has 1 fully saturated rings. The Morgan fingerprint density at radius 3 is 2.87 bits per heavy atom. The van der Waals surface area contributed by atoms with Gasteiger partial charge in [-0.1, -0.05) is 6.92 Å². The molecule has 0 bridgehead atoms. The molecule has 1 N–H and O–H groups in total. The van der Waals surface area contributed by atoms with Crippen LogP contribution in [0.2, 0.25) is 0 Å². The van der Waals surface area contributed by atoms with Gasteiger partial charge in [-0.05, 0) is 24.6 Å². The quantitative estimate of drug-likeness (QED) is 0.534. The number of hydrogen-bond acceptors (Lipinski definition) is 5. The van der Waals surface area contributed by atoms with Gasteiger partial charge >= 0.3 is 0 Å². The minimum atomic E-state index is -1.59. The smallest absolute Gasteiger partial charge is 0.176 e. The first-order valence-electron chi connectivity index (χ1n) is 5.26. The van der Waals surface area contributed by atoms with Gasteiger partial charge in [0.15, 0.2) is 7.15 Å². The lowest BCUT2D eigenvalue weighted by Gasteiger charge is -2.15. The third-order valence-corrected chi connectivity index (χ3v) is 3.75. The summed E-state index contributed by atoms with van der Waals surface area (Å²) in [7, 11) is 0.353. The van der Waals surface area contributed by atoms with E-state index in [2.05, 4.69) is 0 Å². The topological polar surface area (TPSA) is 47.9 Å². The maximum absolute atomic E-state index is 9.58. The van der Waals surface area contributed by atoms with Gasteiger partial charge in [0.2, 0.25) is 0 Å². The maximum Gasteiger partial charge on any atom is 0.176 e. The highest BCUT2D eigenvalue weighted by Crippen LogP contribution is 2.27. The van der Waals surface area contributed by atoms with Gasteiger partial charge in [-0.3, -0.25) is 0 Å². The number of aliphatic hydroxyl groups excluding tert-OH is 1. The van der Waals surface area contributed by atoms with Gasteiger partial charge in [0.05, 0.1) is 19.3 Å². The van der Waals surface area contributed by atoms with Crippen LogP contribution in [0.25, 0.3) is 0 Å². The molecule has 0 aromatic rings. The van der Waals surface area contributed by atoms with Crippen molar-refractivity contribution in [2.75, 3.05) is 13.2 Å². The zero-order valence-electron chi connectivity index (χ0n) is 9.14. The Hall–Kier alpha value is 0.555. The van der Waals surface area contributed by atoms with E-state index in [-0.39, 0.29) is 12.1 Å². The molecule has 7 heteroatoms. The lowest BCUT2D eigenvalue weighted by molar-refractivity contribution is 0.00311. The van der Waals surface area contributed by atoms with Crippen molar-refractivity contribution in [3.63, 3.8) is 0 Å². The predicted octanol–water partition coefficient (Wildman–Crippen LogP) is 0.0447. The summed E-state index contributed by atoms with van der Waals surface area (Å²) in [6.45, 7) is 3.01. The van der Waals surface area contributed by atoms with Crippen LogP contribution in [-0.4, -0.2) is 44.4 Å². The zero-order valence-corrected chi connectivity index (χ0v) is 11.0. The second-order valence-corrected chi connectivity index (χ2v) is 5.78. The van der Waals surface area contributed by atoms with Crippen molar-refractivity contribution >= 4 is 26.8 Å². The van der Waals surface area contributed by atoms with E-state index < -0.39 is 13.3 Å². The highest BCUT2D eigenvalue weighted by atomic mass is 32.4. The monoisotopic (exact) mass is 252 g/mol. The maximum atomic E-state index is 9.58. The normalized spacial score (nSPS) is 33.1. The molecule has 0 saturated carbocycles. The Labute approximate surface area is 97.3 Å². The molecule has 0 amide bonds. The molecule has 0 spiro atoms. The average molecular weight is 252 g/mol. The van der Waals surface area contributed by atoms with E-state index in [4.69, 9.17) is 25.6 Å². The summed E-state index contributed by atoms with van der Waals surface area (Å²) < 4.78 is 16.1. The summed E-state index contributed by atoms with van der Waals surface area (Å²) in [5.41, 5.74) is 0. The molecule has 0 aromatic carbocycles. The fraction of sp³-hybridized carbons (Fsp3) is 1.00. The van der Waals surface area contributed by atoms with Gasteiger partial charge in [0.1, 0.15) is 14.0 Å². The summed E-state index contributed by atoms with van der Waals surface area (Å²) in [6, 6.07) is 0.103. The van der Waals surface area contributed by atoms with Gasteiger partial charge in [0.25, 0.3) is 0 Å². The van der Waals surface area contributed by atoms with Crippen LogP contribution >= 0.6 is 7.15 Å². The van der Waals surface area contributed by atoms with Gasteiger partial charge in [0, 0.05) is 6.00 Å². The highest BCUT2D eigenvalue weighted by Gasteiger charge is 2.31. The standard InChI is InChI=1S/C8H18BO4PS/c1-2-3-11-14(15)12-5-7-6(10)4-8(9)13-7/h6-8,10,14H,2-5,9H2,1H3/t6-,7-,8?/m1/s1. The van der Waals surface area contributed by atoms with Crippen molar-refractivity contribution in [2.24, 2.45) is 0 Å². The summed E-state index contributed by atoms with van der Waals surface area (Å²) in [6.07, 6.45) is 0.932. The molecule has 15 heavy (non-hydrogen) atoms. The second kappa shape index (κ2) is 6.99. The first kappa shape index (κ1) is 13.6. The number of rotatable bonds is 6. The molecule has 1 saturated heterocycles. The Morgan fingerprint density at radius 2 is 2.33 bits per heavy atom. The van der Waals surface area contributed by atoms with E-state index in [0.717, 1.165) is 6.42 Å². The van der Waals surface area contributed by atoms with Crippen LogP contribution in [0.1, 0.15) is 19.8 Å². The van der Waals surface area contributed by atoms with Gasteiger partial charge in [-0.2, -0.15) is 0 Å². The largest absolute Gasteiger partial charge is 0.390 e. The van der Waals surface area contributed by atoms with Crippen LogP contribution in [0, 0.1) is 0 Å². The minimum Gasteiger partial charge on any atom is -0.390 e. The number of hydrogen-bond donors (Lipinski definition) is 1. The van der Waals surface area contributed by atoms with Gasteiger partial charge in [-0.25, -0.2) is 0 Å². The molecule has 0 aromatic heterocycles. The van der Waals surface area contributed by atoms with Crippen LogP contribution in [0.3, 0.4) is 0 Å². The van der Waals surface area contributed by atoms with E-state index in [1.54, 1.807) is 0 Å². The Kier molecular flexibility index (Phi) is 6.35. The Morgan fingerprint density at radius 1 is 1.60 bits per heavy atom. The van der Waals surface area contributed by atoms with E-state index in [0.29, 0.717) is 19.6 Å². The van der Waals surface area contributed by atoms with Crippen LogP contribution in [0.15, 0.2) is 0 Å². The van der Waals surface area contributed by atoms with Crippen LogP contribution in [-0.2, 0) is 25.6 Å². The first-order chi connectivity index (χ1) is 7.13. The predicted molar refractivity (Wildman–Crippen MR) is 65.7 cm³/mol. The van der Waals surface area contributed by atoms with Crippen molar-refractivity contribution in [1.82, 2.24) is 0 Å². The van der Waals surface area contributed by atoms with E-state index in [1.807, 2.05) is 14.8 Å². The molecule has 2 unspecified atom stereocenters. The minimum absolute atomic E-state index is 0.103. The van der Waals surface area contributed by atoms with Gasteiger partial charge in [-0.15, -0.1) is 0 Å². The molecule has 1 rings (SSSR count). The van der Waals surface area contributed by atoms with Crippen molar-refractivity contribution in [2.45, 2.75) is 38.0 Å². The highest BCUT2D eigenvalue weighted by molar-refractivity contribution is 8.00. The van der Waals surface area contributed by atoms with Crippen molar-refractivity contribution in [3.8, 4) is 0 Å². The van der Waals surface area contributed by atoms with Crippen LogP contribution < -0.4 is 0 Å². The molecular formula is C8H18BO4PS. The molecule has 1 aliphatic rings. The summed E-state index contributed by atoms with van der Waals surface area (Å²) in [5.74, 6) is 0. The number of aliphatic hydroxyl groups is 1. The molecular weight excluding hydrogens is 234 g/mol. The lowest BCUT2D eigenvalue weighted by atomic mass is 9.96. The van der Waals surface area contributed by atoms with E-state index in [1.165, 1.54) is 0 Å². The molecule has 1 heterocycles. The lowest BCUT2D eigenvalue weighted by Crippen LogP contribution is -2.25. The van der Waals surface area contributed by atoms with Crippen molar-refractivity contribution in [3.05, 3.63) is 0 Å². The molecule has 4 nitrogen and oxygen atoms in total. The summed E-state index contributed by atoms with van der Waals surface area (Å²) in [5, 5.41) is 9.58. The van der Waals surface area contributed by atoms with Crippen molar-refractivity contribution < 1.29 is 18.9 Å². The SMILES string of the molecule is BC1C[C@@H](O)[C@@H](CO[PH](=S)OCCC)O1. The van der Waals surface area contributed by atoms with E-state index >= 15 is 0 Å². The molecule has 88 valence electrons. The fourth-order valence-electron chi connectivity index (χ4n) is 1.46. The number of ether oxygens (including phenoxy) is 1. The second-order valence-electron chi connectivity index (χ2n) is 3.70. The summed E-state index contributed by atoms with van der Waals surface area (Å²) in [4.78, 5) is 0. The molecule has 4 atom stereocenters. The van der Waals surface area contributed by atoms with Gasteiger partial charge < -0.3 is 18.9 Å². The third-order valence-electron chi connectivity index (χ3n) is 2.20. The summed E-state index contributed by atoms with van der Waals surface area (Å²) >= 11 is 5.03. The molecule has 0 aliphatic carbocycles. The van der Waals surface area contributed by atoms with E-state index in [9.17, 15) is 5.11 Å². The molecule has 1 aliphatic heterocycles. The van der Waals surface area contributed by atoms with Crippen LogP contribution in [0.5, 0.6) is 0 Å². The zero-order chi connectivity index (χ0) is 11.3. The average Bonchev–Trinajstić information content (AvgIpc) is 2.51. The molecule has 0 radical (unpaired) electrons. The fourth-order valence-corrected chi connectivity index (χ4v) is 2.67. The van der Waals surface area contributed by atoms with Crippen molar-refractivity contribution in [1.29, 1.82) is 0 Å². The third kappa shape index (κ3) is 4.94.